The molecule has 6 nitrogen and oxygen atoms in total. The zero-order valence-electron chi connectivity index (χ0n) is 13.0. The maximum atomic E-state index is 13.0. The molecular formula is C15H13ClFN3O3S. The largest absolute Gasteiger partial charge is 0.415 e. The van der Waals surface area contributed by atoms with Crippen molar-refractivity contribution in [2.75, 3.05) is 0 Å². The minimum absolute atomic E-state index is 0.0307. The SMILES string of the molecule is Cc1c(S(=O)(=O)Cl)c(C)n(C)c1-c1nnc(-c2ccc(F)cc2)o1. The third-order valence-electron chi connectivity index (χ3n) is 3.83. The molecule has 0 bridgehead atoms. The Morgan fingerprint density at radius 1 is 1.12 bits per heavy atom. The van der Waals surface area contributed by atoms with E-state index in [9.17, 15) is 12.8 Å². The minimum Gasteiger partial charge on any atom is -0.415 e. The molecule has 0 saturated heterocycles. The Bertz CT molecular complexity index is 1020. The van der Waals surface area contributed by atoms with Gasteiger partial charge in [0, 0.05) is 34.6 Å². The predicted molar refractivity (Wildman–Crippen MR) is 86.6 cm³/mol. The van der Waals surface area contributed by atoms with Gasteiger partial charge in [-0.2, -0.15) is 0 Å². The van der Waals surface area contributed by atoms with E-state index in [0.717, 1.165) is 0 Å². The van der Waals surface area contributed by atoms with Gasteiger partial charge < -0.3 is 8.98 Å². The van der Waals surface area contributed by atoms with Crippen LogP contribution in [0.3, 0.4) is 0 Å². The lowest BCUT2D eigenvalue weighted by molar-refractivity contribution is 0.577. The van der Waals surface area contributed by atoms with Crippen molar-refractivity contribution in [2.24, 2.45) is 7.05 Å². The van der Waals surface area contributed by atoms with Crippen LogP contribution in [0.4, 0.5) is 4.39 Å². The summed E-state index contributed by atoms with van der Waals surface area (Å²) in [6, 6.07) is 5.61. The number of benzene rings is 1. The summed E-state index contributed by atoms with van der Waals surface area (Å²) in [7, 11) is 3.30. The normalized spacial score (nSPS) is 11.9. The van der Waals surface area contributed by atoms with Gasteiger partial charge in [0.05, 0.1) is 0 Å². The van der Waals surface area contributed by atoms with Crippen molar-refractivity contribution in [3.8, 4) is 23.0 Å². The number of rotatable bonds is 3. The van der Waals surface area contributed by atoms with Gasteiger partial charge in [0.25, 0.3) is 14.9 Å². The lowest BCUT2D eigenvalue weighted by Crippen LogP contribution is -1.97. The summed E-state index contributed by atoms with van der Waals surface area (Å²) >= 11 is 0. The van der Waals surface area contributed by atoms with Crippen LogP contribution in [0.15, 0.2) is 33.6 Å². The van der Waals surface area contributed by atoms with Crippen LogP contribution in [-0.2, 0) is 16.1 Å². The van der Waals surface area contributed by atoms with Crippen LogP contribution in [0.5, 0.6) is 0 Å². The first kappa shape index (κ1) is 16.7. The zero-order chi connectivity index (χ0) is 17.6. The number of halogens is 2. The van der Waals surface area contributed by atoms with Crippen LogP contribution in [0.25, 0.3) is 23.0 Å². The Hall–Kier alpha value is -2.19. The van der Waals surface area contributed by atoms with Gasteiger partial charge >= 0.3 is 0 Å². The number of aromatic nitrogens is 3. The number of hydrogen-bond donors (Lipinski definition) is 0. The van der Waals surface area contributed by atoms with Crippen molar-refractivity contribution in [3.63, 3.8) is 0 Å². The highest BCUT2D eigenvalue weighted by Crippen LogP contribution is 2.35. The monoisotopic (exact) mass is 369 g/mol. The lowest BCUT2D eigenvalue weighted by atomic mass is 10.2. The van der Waals surface area contributed by atoms with Gasteiger partial charge in [0.1, 0.15) is 16.4 Å². The van der Waals surface area contributed by atoms with Gasteiger partial charge in [0.2, 0.25) is 5.89 Å². The van der Waals surface area contributed by atoms with Gasteiger partial charge in [0.15, 0.2) is 0 Å². The van der Waals surface area contributed by atoms with Crippen LogP contribution in [0.1, 0.15) is 11.3 Å². The number of hydrogen-bond acceptors (Lipinski definition) is 5. The van der Waals surface area contributed by atoms with Gasteiger partial charge in [-0.1, -0.05) is 0 Å². The third-order valence-corrected chi connectivity index (χ3v) is 5.38. The lowest BCUT2D eigenvalue weighted by Gasteiger charge is -2.01. The fraction of sp³-hybridized carbons (Fsp3) is 0.200. The van der Waals surface area contributed by atoms with E-state index < -0.39 is 9.05 Å². The molecule has 9 heteroatoms. The van der Waals surface area contributed by atoms with E-state index >= 15 is 0 Å². The quantitative estimate of drug-likeness (QED) is 0.661. The fourth-order valence-electron chi connectivity index (χ4n) is 2.64. The molecule has 0 aliphatic carbocycles. The first-order chi connectivity index (χ1) is 11.2. The second-order valence-electron chi connectivity index (χ2n) is 5.30. The molecular weight excluding hydrogens is 357 g/mol. The second kappa shape index (κ2) is 5.71. The van der Waals surface area contributed by atoms with E-state index in [-0.39, 0.29) is 22.5 Å². The van der Waals surface area contributed by atoms with Crippen LogP contribution in [0, 0.1) is 19.7 Å². The van der Waals surface area contributed by atoms with Crippen molar-refractivity contribution in [1.82, 2.24) is 14.8 Å². The van der Waals surface area contributed by atoms with Gasteiger partial charge in [-0.15, -0.1) is 10.2 Å². The van der Waals surface area contributed by atoms with Crippen LogP contribution < -0.4 is 0 Å². The average Bonchev–Trinajstić information content (AvgIpc) is 3.03. The van der Waals surface area contributed by atoms with Crippen LogP contribution in [0.2, 0.25) is 0 Å². The molecule has 0 saturated carbocycles. The third kappa shape index (κ3) is 2.71. The molecule has 0 N–H and O–H groups in total. The molecule has 0 amide bonds. The molecule has 0 aliphatic rings. The molecule has 0 spiro atoms. The molecule has 24 heavy (non-hydrogen) atoms. The van der Waals surface area contributed by atoms with Crippen molar-refractivity contribution < 1.29 is 17.2 Å². The average molecular weight is 370 g/mol. The topological polar surface area (TPSA) is 78.0 Å². The first-order valence-electron chi connectivity index (χ1n) is 6.90. The van der Waals surface area contributed by atoms with Gasteiger partial charge in [-0.3, -0.25) is 0 Å². The van der Waals surface area contributed by atoms with E-state index in [1.807, 2.05) is 0 Å². The first-order valence-corrected chi connectivity index (χ1v) is 9.21. The van der Waals surface area contributed by atoms with E-state index in [1.165, 1.54) is 24.3 Å². The summed E-state index contributed by atoms with van der Waals surface area (Å²) in [5.41, 5.74) is 1.93. The molecule has 126 valence electrons. The standard InChI is InChI=1S/C15H13ClFN3O3S/c1-8-12(20(3)9(2)13(8)24(16,21)22)15-19-18-14(23-15)10-4-6-11(17)7-5-10/h4-7H,1-3H3. The van der Waals surface area contributed by atoms with Crippen LogP contribution in [-0.4, -0.2) is 23.2 Å². The molecule has 2 aromatic heterocycles. The van der Waals surface area contributed by atoms with Gasteiger partial charge in [-0.25, -0.2) is 12.8 Å². The molecule has 3 rings (SSSR count). The summed E-state index contributed by atoms with van der Waals surface area (Å²) in [6.07, 6.45) is 0. The summed E-state index contributed by atoms with van der Waals surface area (Å²) in [5, 5.41) is 7.92. The Morgan fingerprint density at radius 2 is 1.71 bits per heavy atom. The highest BCUT2D eigenvalue weighted by molar-refractivity contribution is 8.13. The molecule has 0 fully saturated rings. The Kier molecular flexibility index (Phi) is 3.97. The minimum atomic E-state index is -3.90. The highest BCUT2D eigenvalue weighted by atomic mass is 35.7. The Balaban J connectivity index is 2.13. The van der Waals surface area contributed by atoms with Crippen molar-refractivity contribution in [2.45, 2.75) is 18.7 Å². The summed E-state index contributed by atoms with van der Waals surface area (Å²) < 4.78 is 43.8. The summed E-state index contributed by atoms with van der Waals surface area (Å²) in [6.45, 7) is 3.27. The molecule has 0 atom stereocenters. The maximum Gasteiger partial charge on any atom is 0.264 e. The van der Waals surface area contributed by atoms with Crippen molar-refractivity contribution >= 4 is 19.7 Å². The second-order valence-corrected chi connectivity index (χ2v) is 7.81. The number of nitrogens with zero attached hydrogens (tertiary/aromatic N) is 3. The Morgan fingerprint density at radius 3 is 2.25 bits per heavy atom. The maximum absolute atomic E-state index is 13.0. The Labute approximate surface area is 142 Å². The van der Waals surface area contributed by atoms with E-state index in [1.54, 1.807) is 25.5 Å². The molecule has 0 unspecified atom stereocenters. The van der Waals surface area contributed by atoms with Gasteiger partial charge in [-0.05, 0) is 38.1 Å². The summed E-state index contributed by atoms with van der Waals surface area (Å²) in [4.78, 5) is 0.0307. The molecule has 0 aliphatic heterocycles. The highest BCUT2D eigenvalue weighted by Gasteiger charge is 2.27. The van der Waals surface area contributed by atoms with Crippen LogP contribution >= 0.6 is 10.7 Å². The molecule has 2 heterocycles. The van der Waals surface area contributed by atoms with E-state index in [0.29, 0.717) is 22.5 Å². The van der Waals surface area contributed by atoms with Crippen molar-refractivity contribution in [3.05, 3.63) is 41.3 Å². The molecule has 3 aromatic rings. The van der Waals surface area contributed by atoms with E-state index in [2.05, 4.69) is 10.2 Å². The zero-order valence-corrected chi connectivity index (χ0v) is 14.6. The molecule has 1 aromatic carbocycles. The smallest absolute Gasteiger partial charge is 0.264 e. The summed E-state index contributed by atoms with van der Waals surface area (Å²) in [5.74, 6) is -0.00752. The molecule has 0 radical (unpaired) electrons. The van der Waals surface area contributed by atoms with Crippen molar-refractivity contribution in [1.29, 1.82) is 0 Å². The predicted octanol–water partition coefficient (Wildman–Crippen LogP) is 3.43. The fourth-order valence-corrected chi connectivity index (χ4v) is 4.28. The van der Waals surface area contributed by atoms with E-state index in [4.69, 9.17) is 15.1 Å².